The van der Waals surface area contributed by atoms with E-state index in [0.29, 0.717) is 6.04 Å². The Labute approximate surface area is 105 Å². The molecule has 100 valence electrons. The molecule has 0 spiro atoms. The summed E-state index contributed by atoms with van der Waals surface area (Å²) in [4.78, 5) is 14.3. The lowest BCUT2D eigenvalue weighted by molar-refractivity contribution is -0.129. The van der Waals surface area contributed by atoms with Crippen LogP contribution in [-0.2, 0) is 4.79 Å². The van der Waals surface area contributed by atoms with Crippen molar-refractivity contribution in [1.82, 2.24) is 15.5 Å². The molecule has 1 heterocycles. The van der Waals surface area contributed by atoms with Gasteiger partial charge in [-0.2, -0.15) is 0 Å². The van der Waals surface area contributed by atoms with Gasteiger partial charge in [0.25, 0.3) is 0 Å². The number of nitrogens with one attached hydrogen (secondary N) is 2. The van der Waals surface area contributed by atoms with Crippen LogP contribution in [0.5, 0.6) is 0 Å². The molecule has 0 aliphatic carbocycles. The molecule has 2 unspecified atom stereocenters. The summed E-state index contributed by atoms with van der Waals surface area (Å²) in [5.41, 5.74) is -0.199. The molecule has 1 aliphatic rings. The van der Waals surface area contributed by atoms with Crippen molar-refractivity contribution < 1.29 is 4.79 Å². The molecule has 4 nitrogen and oxygen atoms in total. The molecule has 1 rings (SSSR count). The maximum atomic E-state index is 12.0. The molecular weight excluding hydrogens is 214 g/mol. The van der Waals surface area contributed by atoms with Crippen molar-refractivity contribution in [3.63, 3.8) is 0 Å². The highest BCUT2D eigenvalue weighted by Gasteiger charge is 2.35. The Morgan fingerprint density at radius 2 is 2.29 bits per heavy atom. The van der Waals surface area contributed by atoms with Gasteiger partial charge in [0.2, 0.25) is 5.91 Å². The van der Waals surface area contributed by atoms with E-state index in [4.69, 9.17) is 0 Å². The fourth-order valence-corrected chi connectivity index (χ4v) is 2.10. The highest BCUT2D eigenvalue weighted by atomic mass is 16.2. The van der Waals surface area contributed by atoms with Gasteiger partial charge in [-0.05, 0) is 40.3 Å². The lowest BCUT2D eigenvalue weighted by Crippen LogP contribution is -2.44. The maximum absolute atomic E-state index is 12.0. The lowest BCUT2D eigenvalue weighted by atomic mass is 9.89. The first-order chi connectivity index (χ1) is 7.99. The normalized spacial score (nSPS) is 26.2. The van der Waals surface area contributed by atoms with Gasteiger partial charge < -0.3 is 15.5 Å². The molecule has 2 N–H and O–H groups in total. The zero-order valence-corrected chi connectivity index (χ0v) is 11.7. The molecule has 0 radical (unpaired) electrons. The van der Waals surface area contributed by atoms with Crippen molar-refractivity contribution in [2.24, 2.45) is 5.41 Å². The number of amides is 1. The van der Waals surface area contributed by atoms with Gasteiger partial charge in [-0.3, -0.25) is 4.79 Å². The number of carbonyl (C=O) groups excluding carboxylic acids is 1. The van der Waals surface area contributed by atoms with E-state index in [-0.39, 0.29) is 11.3 Å². The Kier molecular flexibility index (Phi) is 5.40. The molecule has 4 heteroatoms. The molecule has 0 aromatic heterocycles. The van der Waals surface area contributed by atoms with Gasteiger partial charge in [0.1, 0.15) is 0 Å². The standard InChI is InChI=1S/C13H27N3O/c1-5-11(2)16(4)9-8-15-12(17)13(3)6-7-14-10-13/h11,14H,5-10H2,1-4H3,(H,15,17). The second kappa shape index (κ2) is 6.36. The minimum Gasteiger partial charge on any atom is -0.354 e. The van der Waals surface area contributed by atoms with Crippen molar-refractivity contribution in [3.05, 3.63) is 0 Å². The van der Waals surface area contributed by atoms with Gasteiger partial charge in [0.05, 0.1) is 5.41 Å². The topological polar surface area (TPSA) is 44.4 Å². The number of nitrogens with zero attached hydrogens (tertiary/aromatic N) is 1. The summed E-state index contributed by atoms with van der Waals surface area (Å²) in [5, 5.41) is 6.30. The predicted octanol–water partition coefficient (Wildman–Crippen LogP) is 0.833. The van der Waals surface area contributed by atoms with Crippen LogP contribution in [0.4, 0.5) is 0 Å². The van der Waals surface area contributed by atoms with Crippen LogP contribution in [0, 0.1) is 5.41 Å². The quantitative estimate of drug-likeness (QED) is 0.724. The van der Waals surface area contributed by atoms with E-state index in [2.05, 4.69) is 36.4 Å². The molecule has 0 aromatic carbocycles. The van der Waals surface area contributed by atoms with Crippen molar-refractivity contribution >= 4 is 5.91 Å². The lowest BCUT2D eigenvalue weighted by Gasteiger charge is -2.25. The van der Waals surface area contributed by atoms with E-state index in [1.807, 2.05) is 6.92 Å². The fraction of sp³-hybridized carbons (Fsp3) is 0.923. The van der Waals surface area contributed by atoms with Gasteiger partial charge >= 0.3 is 0 Å². The SMILES string of the molecule is CCC(C)N(C)CCNC(=O)C1(C)CCNC1. The van der Waals surface area contributed by atoms with Crippen LogP contribution in [0.3, 0.4) is 0 Å². The molecule has 0 bridgehead atoms. The van der Waals surface area contributed by atoms with Gasteiger partial charge in [-0.25, -0.2) is 0 Å². The van der Waals surface area contributed by atoms with Crippen LogP contribution < -0.4 is 10.6 Å². The predicted molar refractivity (Wildman–Crippen MR) is 71.0 cm³/mol. The molecule has 0 aromatic rings. The Balaban J connectivity index is 2.24. The molecule has 1 amide bonds. The first kappa shape index (κ1) is 14.5. The second-order valence-corrected chi connectivity index (χ2v) is 5.48. The molecule has 0 saturated carbocycles. The van der Waals surface area contributed by atoms with Crippen LogP contribution in [0.2, 0.25) is 0 Å². The van der Waals surface area contributed by atoms with Crippen LogP contribution in [-0.4, -0.2) is 50.1 Å². The smallest absolute Gasteiger partial charge is 0.227 e. The zero-order valence-electron chi connectivity index (χ0n) is 11.7. The monoisotopic (exact) mass is 241 g/mol. The van der Waals surface area contributed by atoms with E-state index in [1.165, 1.54) is 0 Å². The van der Waals surface area contributed by atoms with Gasteiger partial charge in [-0.15, -0.1) is 0 Å². The minimum absolute atomic E-state index is 0.194. The van der Waals surface area contributed by atoms with E-state index in [0.717, 1.165) is 39.0 Å². The third kappa shape index (κ3) is 3.96. The van der Waals surface area contributed by atoms with Gasteiger partial charge in [0, 0.05) is 25.7 Å². The molecular formula is C13H27N3O. The molecule has 17 heavy (non-hydrogen) atoms. The van der Waals surface area contributed by atoms with Crippen molar-refractivity contribution in [1.29, 1.82) is 0 Å². The number of hydrogen-bond acceptors (Lipinski definition) is 3. The molecule has 1 saturated heterocycles. The summed E-state index contributed by atoms with van der Waals surface area (Å²) < 4.78 is 0. The molecule has 2 atom stereocenters. The van der Waals surface area contributed by atoms with E-state index < -0.39 is 0 Å². The summed E-state index contributed by atoms with van der Waals surface area (Å²) in [7, 11) is 2.11. The third-order valence-electron chi connectivity index (χ3n) is 4.01. The summed E-state index contributed by atoms with van der Waals surface area (Å²) in [5.74, 6) is 0.194. The van der Waals surface area contributed by atoms with Crippen LogP contribution in [0.15, 0.2) is 0 Å². The highest BCUT2D eigenvalue weighted by Crippen LogP contribution is 2.24. The number of hydrogen-bond donors (Lipinski definition) is 2. The Bertz CT molecular complexity index is 249. The van der Waals surface area contributed by atoms with Crippen molar-refractivity contribution in [2.75, 3.05) is 33.2 Å². The van der Waals surface area contributed by atoms with Crippen LogP contribution in [0.25, 0.3) is 0 Å². The first-order valence-corrected chi connectivity index (χ1v) is 6.69. The average Bonchev–Trinajstić information content (AvgIpc) is 2.76. The zero-order chi connectivity index (χ0) is 12.9. The fourth-order valence-electron chi connectivity index (χ4n) is 2.10. The minimum atomic E-state index is -0.199. The first-order valence-electron chi connectivity index (χ1n) is 6.69. The summed E-state index contributed by atoms with van der Waals surface area (Å²) in [6, 6.07) is 0.579. The van der Waals surface area contributed by atoms with E-state index >= 15 is 0 Å². The van der Waals surface area contributed by atoms with Crippen molar-refractivity contribution in [2.45, 2.75) is 39.7 Å². The Hall–Kier alpha value is -0.610. The largest absolute Gasteiger partial charge is 0.354 e. The third-order valence-corrected chi connectivity index (χ3v) is 4.01. The highest BCUT2D eigenvalue weighted by molar-refractivity contribution is 5.82. The number of likely N-dealkylation sites (N-methyl/N-ethyl adjacent to an activating group) is 1. The summed E-state index contributed by atoms with van der Waals surface area (Å²) in [6.07, 6.45) is 2.09. The Morgan fingerprint density at radius 1 is 1.59 bits per heavy atom. The van der Waals surface area contributed by atoms with E-state index in [1.54, 1.807) is 0 Å². The van der Waals surface area contributed by atoms with E-state index in [9.17, 15) is 4.79 Å². The van der Waals surface area contributed by atoms with Crippen LogP contribution in [0.1, 0.15) is 33.6 Å². The van der Waals surface area contributed by atoms with Crippen LogP contribution >= 0.6 is 0 Å². The van der Waals surface area contributed by atoms with Crippen molar-refractivity contribution in [3.8, 4) is 0 Å². The number of rotatable bonds is 6. The van der Waals surface area contributed by atoms with Gasteiger partial charge in [0.15, 0.2) is 0 Å². The molecule has 1 fully saturated rings. The maximum Gasteiger partial charge on any atom is 0.227 e. The molecule has 1 aliphatic heterocycles. The summed E-state index contributed by atoms with van der Waals surface area (Å²) in [6.45, 7) is 9.87. The second-order valence-electron chi connectivity index (χ2n) is 5.48. The van der Waals surface area contributed by atoms with Gasteiger partial charge in [-0.1, -0.05) is 6.92 Å². The number of carbonyl (C=O) groups is 1. The Morgan fingerprint density at radius 3 is 2.82 bits per heavy atom. The average molecular weight is 241 g/mol. The summed E-state index contributed by atoms with van der Waals surface area (Å²) >= 11 is 0.